The molecule has 3 nitrogen and oxygen atoms in total. The minimum Gasteiger partial charge on any atom is -0.352 e. The van der Waals surface area contributed by atoms with E-state index in [2.05, 4.69) is 29.8 Å². The summed E-state index contributed by atoms with van der Waals surface area (Å²) in [4.78, 5) is 12.1. The largest absolute Gasteiger partial charge is 0.352 e. The first-order valence-electron chi connectivity index (χ1n) is 7.09. The molecule has 0 N–H and O–H groups in total. The van der Waals surface area contributed by atoms with E-state index >= 15 is 0 Å². The van der Waals surface area contributed by atoms with Gasteiger partial charge in [0.05, 0.1) is 18.2 Å². The summed E-state index contributed by atoms with van der Waals surface area (Å²) in [6.07, 6.45) is 1.81. The number of benzene rings is 1. The fraction of sp³-hybridized carbons (Fsp3) is 0.562. The maximum atomic E-state index is 12.1. The highest BCUT2D eigenvalue weighted by atomic mass is 79.9. The van der Waals surface area contributed by atoms with E-state index in [1.165, 1.54) is 0 Å². The van der Waals surface area contributed by atoms with E-state index in [4.69, 9.17) is 21.1 Å². The zero-order chi connectivity index (χ0) is 15.5. The van der Waals surface area contributed by atoms with Gasteiger partial charge in [0.15, 0.2) is 12.1 Å². The van der Waals surface area contributed by atoms with Crippen molar-refractivity contribution in [2.75, 3.05) is 13.2 Å². The first-order chi connectivity index (χ1) is 9.87. The van der Waals surface area contributed by atoms with E-state index in [1.807, 2.05) is 0 Å². The van der Waals surface area contributed by atoms with Gasteiger partial charge in [-0.25, -0.2) is 0 Å². The van der Waals surface area contributed by atoms with Crippen molar-refractivity contribution in [2.24, 2.45) is 5.41 Å². The van der Waals surface area contributed by atoms with Crippen molar-refractivity contribution in [3.63, 3.8) is 0 Å². The molecule has 0 aliphatic carbocycles. The lowest BCUT2D eigenvalue weighted by Gasteiger charge is -2.34. The molecule has 0 saturated carbocycles. The summed E-state index contributed by atoms with van der Waals surface area (Å²) >= 11 is 9.25. The molecule has 5 heteroatoms. The van der Waals surface area contributed by atoms with Gasteiger partial charge in [-0.15, -0.1) is 0 Å². The lowest BCUT2D eigenvalue weighted by molar-refractivity contribution is -0.223. The molecule has 1 aliphatic rings. The van der Waals surface area contributed by atoms with E-state index < -0.39 is 0 Å². The highest BCUT2D eigenvalue weighted by molar-refractivity contribution is 9.10. The minimum atomic E-state index is -0.178. The monoisotopic (exact) mass is 374 g/mol. The number of ether oxygens (including phenoxy) is 2. The predicted octanol–water partition coefficient (Wildman–Crippen LogP) is 4.85. The Kier molecular flexibility index (Phi) is 5.83. The lowest BCUT2D eigenvalue weighted by atomic mass is 9.95. The number of hydrogen-bond donors (Lipinski definition) is 0. The van der Waals surface area contributed by atoms with Gasteiger partial charge in [0.2, 0.25) is 0 Å². The van der Waals surface area contributed by atoms with Crippen molar-refractivity contribution in [1.29, 1.82) is 0 Å². The summed E-state index contributed by atoms with van der Waals surface area (Å²) < 4.78 is 12.1. The lowest BCUT2D eigenvalue weighted by Crippen LogP contribution is -2.37. The van der Waals surface area contributed by atoms with Crippen LogP contribution in [0.15, 0.2) is 22.7 Å². The number of Topliss-reactive ketones (excluding diaryl/α,β-unsaturated/α-hetero) is 1. The number of ketones is 1. The van der Waals surface area contributed by atoms with Crippen LogP contribution in [-0.4, -0.2) is 25.3 Å². The average Bonchev–Trinajstić information content (AvgIpc) is 2.43. The Balaban J connectivity index is 1.76. The van der Waals surface area contributed by atoms with Gasteiger partial charge >= 0.3 is 0 Å². The Morgan fingerprint density at radius 2 is 2.05 bits per heavy atom. The third kappa shape index (κ3) is 5.06. The van der Waals surface area contributed by atoms with Crippen LogP contribution in [0, 0.1) is 5.41 Å². The molecule has 1 fully saturated rings. The quantitative estimate of drug-likeness (QED) is 0.690. The normalized spacial score (nSPS) is 18.7. The number of halogens is 2. The zero-order valence-electron chi connectivity index (χ0n) is 12.3. The second-order valence-electron chi connectivity index (χ2n) is 6.16. The molecule has 1 aromatic rings. The van der Waals surface area contributed by atoms with Crippen LogP contribution in [0.3, 0.4) is 0 Å². The van der Waals surface area contributed by atoms with Crippen molar-refractivity contribution in [3.05, 3.63) is 33.3 Å². The SMILES string of the molecule is CC1(C)COC(CCCC(=O)c2ccc(Cl)c(Br)c2)OC1. The fourth-order valence-electron chi connectivity index (χ4n) is 2.14. The summed E-state index contributed by atoms with van der Waals surface area (Å²) in [6.45, 7) is 5.64. The van der Waals surface area contributed by atoms with Gasteiger partial charge in [0.1, 0.15) is 0 Å². The van der Waals surface area contributed by atoms with Crippen LogP contribution in [0.1, 0.15) is 43.5 Å². The number of rotatable bonds is 5. The molecule has 1 aromatic carbocycles. The van der Waals surface area contributed by atoms with Gasteiger partial charge < -0.3 is 9.47 Å². The Morgan fingerprint density at radius 1 is 1.38 bits per heavy atom. The fourth-order valence-corrected chi connectivity index (χ4v) is 2.63. The molecule has 0 radical (unpaired) electrons. The Bertz CT molecular complexity index is 506. The van der Waals surface area contributed by atoms with Crippen molar-refractivity contribution >= 4 is 33.3 Å². The number of carbonyl (C=O) groups is 1. The first kappa shape index (κ1) is 16.9. The van der Waals surface area contributed by atoms with Gasteiger partial charge in [-0.2, -0.15) is 0 Å². The Morgan fingerprint density at radius 3 is 2.67 bits per heavy atom. The summed E-state index contributed by atoms with van der Waals surface area (Å²) in [7, 11) is 0. The summed E-state index contributed by atoms with van der Waals surface area (Å²) in [6, 6.07) is 5.25. The smallest absolute Gasteiger partial charge is 0.162 e. The van der Waals surface area contributed by atoms with Crippen LogP contribution in [0.25, 0.3) is 0 Å². The predicted molar refractivity (Wildman–Crippen MR) is 86.8 cm³/mol. The maximum Gasteiger partial charge on any atom is 0.162 e. The topological polar surface area (TPSA) is 35.5 Å². The van der Waals surface area contributed by atoms with Crippen LogP contribution >= 0.6 is 27.5 Å². The van der Waals surface area contributed by atoms with Crippen LogP contribution < -0.4 is 0 Å². The highest BCUT2D eigenvalue weighted by Gasteiger charge is 2.28. The molecular formula is C16H20BrClO3. The maximum absolute atomic E-state index is 12.1. The molecule has 0 aromatic heterocycles. The molecule has 0 atom stereocenters. The second-order valence-corrected chi connectivity index (χ2v) is 7.42. The van der Waals surface area contributed by atoms with E-state index in [1.54, 1.807) is 18.2 Å². The Hall–Kier alpha value is -0.420. The van der Waals surface area contributed by atoms with E-state index in [9.17, 15) is 4.79 Å². The molecule has 0 bridgehead atoms. The van der Waals surface area contributed by atoms with Crippen LogP contribution in [0.5, 0.6) is 0 Å². The van der Waals surface area contributed by atoms with Crippen LogP contribution in [0.4, 0.5) is 0 Å². The van der Waals surface area contributed by atoms with Gasteiger partial charge in [-0.3, -0.25) is 4.79 Å². The molecule has 0 unspecified atom stereocenters. The average molecular weight is 376 g/mol. The van der Waals surface area contributed by atoms with Gasteiger partial charge in [-0.05, 0) is 47.0 Å². The minimum absolute atomic E-state index is 0.0852. The van der Waals surface area contributed by atoms with E-state index in [0.717, 1.165) is 17.3 Å². The van der Waals surface area contributed by atoms with Crippen molar-refractivity contribution in [3.8, 4) is 0 Å². The summed E-state index contributed by atoms with van der Waals surface area (Å²) in [5, 5.41) is 0.609. The first-order valence-corrected chi connectivity index (χ1v) is 8.26. The molecule has 0 amide bonds. The summed E-state index contributed by atoms with van der Waals surface area (Å²) in [5.41, 5.74) is 0.764. The van der Waals surface area contributed by atoms with Crippen LogP contribution in [0.2, 0.25) is 5.02 Å². The standard InChI is InChI=1S/C16H20BrClO3/c1-16(2)9-20-15(21-10-16)5-3-4-14(19)11-6-7-13(18)12(17)8-11/h6-8,15H,3-5,9-10H2,1-2H3. The third-order valence-corrected chi connectivity index (χ3v) is 4.62. The summed E-state index contributed by atoms with van der Waals surface area (Å²) in [5.74, 6) is 0.114. The molecule has 116 valence electrons. The zero-order valence-corrected chi connectivity index (χ0v) is 14.7. The molecule has 21 heavy (non-hydrogen) atoms. The van der Waals surface area contributed by atoms with Crippen molar-refractivity contribution < 1.29 is 14.3 Å². The second kappa shape index (κ2) is 7.23. The Labute approximate surface area is 139 Å². The van der Waals surface area contributed by atoms with Gasteiger partial charge in [0.25, 0.3) is 0 Å². The number of hydrogen-bond acceptors (Lipinski definition) is 3. The van der Waals surface area contributed by atoms with Crippen LogP contribution in [-0.2, 0) is 9.47 Å². The van der Waals surface area contributed by atoms with Gasteiger partial charge in [0, 0.05) is 21.9 Å². The van der Waals surface area contributed by atoms with Crippen molar-refractivity contribution in [2.45, 2.75) is 39.4 Å². The van der Waals surface area contributed by atoms with E-state index in [0.29, 0.717) is 30.2 Å². The third-order valence-electron chi connectivity index (χ3n) is 3.41. The highest BCUT2D eigenvalue weighted by Crippen LogP contribution is 2.26. The molecule has 2 rings (SSSR count). The molecule has 0 spiro atoms. The molecular weight excluding hydrogens is 356 g/mol. The number of carbonyl (C=O) groups excluding carboxylic acids is 1. The molecule has 1 aliphatic heterocycles. The van der Waals surface area contributed by atoms with E-state index in [-0.39, 0.29) is 17.5 Å². The van der Waals surface area contributed by atoms with Gasteiger partial charge in [-0.1, -0.05) is 25.4 Å². The molecule has 1 heterocycles. The molecule has 1 saturated heterocycles. The van der Waals surface area contributed by atoms with Crippen molar-refractivity contribution in [1.82, 2.24) is 0 Å².